The maximum atomic E-state index is 9.93. The van der Waals surface area contributed by atoms with Gasteiger partial charge < -0.3 is 15.2 Å². The van der Waals surface area contributed by atoms with Crippen LogP contribution in [0.25, 0.3) is 11.0 Å². The Bertz CT molecular complexity index is 1410. The molecular weight excluding hydrogens is 418 g/mol. The van der Waals surface area contributed by atoms with Gasteiger partial charge in [0, 0.05) is 16.8 Å². The van der Waals surface area contributed by atoms with Gasteiger partial charge in [0.05, 0.1) is 25.1 Å². The van der Waals surface area contributed by atoms with Crippen LogP contribution in [0.1, 0.15) is 41.6 Å². The number of nitrogens with zero attached hydrogens (tertiary/aromatic N) is 5. The zero-order valence-electron chi connectivity index (χ0n) is 18.4. The van der Waals surface area contributed by atoms with Crippen LogP contribution in [-0.4, -0.2) is 32.3 Å². The van der Waals surface area contributed by atoms with E-state index in [9.17, 15) is 5.26 Å². The maximum Gasteiger partial charge on any atom is 0.244 e. The number of nitrogens with one attached hydrogen (secondary N) is 1. The molecule has 166 valence electrons. The third-order valence-electron chi connectivity index (χ3n) is 5.90. The number of nitrogens with two attached hydrogens (primary N) is 1. The number of hydrogen-bond donors (Lipinski definition) is 2. The van der Waals surface area contributed by atoms with Gasteiger partial charge in [-0.3, -0.25) is 5.10 Å². The third-order valence-corrected chi connectivity index (χ3v) is 5.90. The van der Waals surface area contributed by atoms with E-state index >= 15 is 0 Å². The van der Waals surface area contributed by atoms with Crippen molar-refractivity contribution in [2.24, 2.45) is 5.73 Å². The largest absolute Gasteiger partial charge is 0.496 e. The Hall–Kier alpha value is -4.32. The Morgan fingerprint density at radius 1 is 1.27 bits per heavy atom. The second kappa shape index (κ2) is 8.31. The van der Waals surface area contributed by atoms with Gasteiger partial charge in [-0.25, -0.2) is 4.68 Å². The molecule has 33 heavy (non-hydrogen) atoms. The van der Waals surface area contributed by atoms with E-state index in [4.69, 9.17) is 15.2 Å². The number of hydrogen-bond acceptors (Lipinski definition) is 7. The number of aryl methyl sites for hydroxylation is 1. The third kappa shape index (κ3) is 3.46. The summed E-state index contributed by atoms with van der Waals surface area (Å²) in [4.78, 5) is 0. The molecule has 0 saturated heterocycles. The SMILES string of the molecule is CCCc1[nH]nc2c1[C@H](c1ccc(OC)c(Cn3nnc4ccccc43)c1)C(C#N)=C(N)O2. The predicted octanol–water partition coefficient (Wildman–Crippen LogP) is 3.38. The maximum absolute atomic E-state index is 9.93. The van der Waals surface area contributed by atoms with Crippen molar-refractivity contribution in [2.75, 3.05) is 7.11 Å². The lowest BCUT2D eigenvalue weighted by Gasteiger charge is -2.25. The number of para-hydroxylation sites is 1. The number of nitriles is 1. The van der Waals surface area contributed by atoms with Gasteiger partial charge in [0.15, 0.2) is 0 Å². The molecule has 5 rings (SSSR count). The van der Waals surface area contributed by atoms with E-state index in [2.05, 4.69) is 33.5 Å². The predicted molar refractivity (Wildman–Crippen MR) is 122 cm³/mol. The number of rotatable bonds is 6. The molecule has 3 N–H and O–H groups in total. The number of ether oxygens (including phenoxy) is 2. The summed E-state index contributed by atoms with van der Waals surface area (Å²) in [5, 5.41) is 25.9. The van der Waals surface area contributed by atoms with E-state index in [0.29, 0.717) is 18.0 Å². The molecule has 9 heteroatoms. The van der Waals surface area contributed by atoms with Crippen LogP contribution in [-0.2, 0) is 13.0 Å². The highest BCUT2D eigenvalue weighted by Gasteiger charge is 2.35. The van der Waals surface area contributed by atoms with E-state index in [1.165, 1.54) is 0 Å². The van der Waals surface area contributed by atoms with Crippen molar-refractivity contribution < 1.29 is 9.47 Å². The molecule has 2 aromatic carbocycles. The van der Waals surface area contributed by atoms with Gasteiger partial charge in [-0.05, 0) is 36.2 Å². The molecule has 3 heterocycles. The number of benzene rings is 2. The van der Waals surface area contributed by atoms with E-state index < -0.39 is 5.92 Å². The zero-order valence-corrected chi connectivity index (χ0v) is 18.4. The van der Waals surface area contributed by atoms with Crippen LogP contribution in [0.3, 0.4) is 0 Å². The van der Waals surface area contributed by atoms with Crippen molar-refractivity contribution in [3.8, 4) is 17.7 Å². The van der Waals surface area contributed by atoms with E-state index in [0.717, 1.165) is 52.0 Å². The number of allylic oxidation sites excluding steroid dienone is 1. The fraction of sp³-hybridized carbons (Fsp3) is 0.250. The highest BCUT2D eigenvalue weighted by atomic mass is 16.5. The second-order valence-electron chi connectivity index (χ2n) is 7.90. The Balaban J connectivity index is 1.63. The highest BCUT2D eigenvalue weighted by molar-refractivity contribution is 5.74. The summed E-state index contributed by atoms with van der Waals surface area (Å²) < 4.78 is 13.1. The van der Waals surface area contributed by atoms with Gasteiger partial charge in [0.1, 0.15) is 22.9 Å². The number of H-pyrrole nitrogens is 1. The average Bonchev–Trinajstić information content (AvgIpc) is 3.42. The van der Waals surface area contributed by atoms with Gasteiger partial charge in [-0.2, -0.15) is 5.26 Å². The average molecular weight is 441 g/mol. The molecule has 0 spiro atoms. The first kappa shape index (κ1) is 20.6. The fourth-order valence-corrected chi connectivity index (χ4v) is 4.38. The number of fused-ring (bicyclic) bond motifs is 2. The first-order chi connectivity index (χ1) is 16.1. The Morgan fingerprint density at radius 2 is 2.12 bits per heavy atom. The molecule has 4 aromatic rings. The van der Waals surface area contributed by atoms with Crippen molar-refractivity contribution in [3.63, 3.8) is 0 Å². The molecule has 1 aliphatic heterocycles. The standard InChI is InChI=1S/C24H23N7O2/c1-3-6-18-22-21(16(12-25)23(26)33-24(22)29-27-18)14-9-10-20(32-2)15(11-14)13-31-19-8-5-4-7-17(19)28-30-31/h4-5,7-11,21H,3,6,13,26H2,1-2H3,(H,27,29)/t21-/m1/s1. The summed E-state index contributed by atoms with van der Waals surface area (Å²) >= 11 is 0. The molecule has 1 atom stereocenters. The number of aromatic amines is 1. The van der Waals surface area contributed by atoms with Gasteiger partial charge in [0.2, 0.25) is 11.8 Å². The quantitative estimate of drug-likeness (QED) is 0.469. The second-order valence-corrected chi connectivity index (χ2v) is 7.90. The van der Waals surface area contributed by atoms with Crippen molar-refractivity contribution in [1.82, 2.24) is 25.2 Å². The zero-order chi connectivity index (χ0) is 22.9. The van der Waals surface area contributed by atoms with Crippen LogP contribution in [0, 0.1) is 11.3 Å². The summed E-state index contributed by atoms with van der Waals surface area (Å²) in [5.41, 5.74) is 11.8. The van der Waals surface area contributed by atoms with Crippen molar-refractivity contribution in [1.29, 1.82) is 5.26 Å². The lowest BCUT2D eigenvalue weighted by atomic mass is 9.83. The molecule has 0 radical (unpaired) electrons. The van der Waals surface area contributed by atoms with Gasteiger partial charge in [-0.15, -0.1) is 10.2 Å². The van der Waals surface area contributed by atoms with Gasteiger partial charge in [-0.1, -0.05) is 36.8 Å². The number of methoxy groups -OCH3 is 1. The van der Waals surface area contributed by atoms with Crippen molar-refractivity contribution in [2.45, 2.75) is 32.2 Å². The van der Waals surface area contributed by atoms with E-state index in [1.54, 1.807) is 7.11 Å². The van der Waals surface area contributed by atoms with Crippen LogP contribution in [0.4, 0.5) is 0 Å². The molecule has 9 nitrogen and oxygen atoms in total. The first-order valence-corrected chi connectivity index (χ1v) is 10.7. The minimum absolute atomic E-state index is 0.0733. The first-order valence-electron chi connectivity index (χ1n) is 10.7. The summed E-state index contributed by atoms with van der Waals surface area (Å²) in [6, 6.07) is 15.9. The summed E-state index contributed by atoms with van der Waals surface area (Å²) in [6.45, 7) is 2.55. The lowest BCUT2D eigenvalue weighted by molar-refractivity contribution is 0.378. The molecule has 0 saturated carbocycles. The summed E-state index contributed by atoms with van der Waals surface area (Å²) in [7, 11) is 1.64. The van der Waals surface area contributed by atoms with Crippen molar-refractivity contribution in [3.05, 3.63) is 76.3 Å². The van der Waals surface area contributed by atoms with Crippen LogP contribution in [0.5, 0.6) is 11.6 Å². The van der Waals surface area contributed by atoms with Gasteiger partial charge in [0.25, 0.3) is 0 Å². The lowest BCUT2D eigenvalue weighted by Crippen LogP contribution is -2.21. The topological polar surface area (TPSA) is 128 Å². The molecule has 0 bridgehead atoms. The number of aromatic nitrogens is 5. The normalized spacial score (nSPS) is 15.2. The monoisotopic (exact) mass is 441 g/mol. The Labute approximate surface area is 190 Å². The molecule has 0 fully saturated rings. The summed E-state index contributed by atoms with van der Waals surface area (Å²) in [5.74, 6) is 0.821. The minimum Gasteiger partial charge on any atom is -0.496 e. The van der Waals surface area contributed by atoms with E-state index in [1.807, 2.05) is 47.1 Å². The Kier molecular flexibility index (Phi) is 5.18. The van der Waals surface area contributed by atoms with Crippen LogP contribution >= 0.6 is 0 Å². The molecule has 0 unspecified atom stereocenters. The van der Waals surface area contributed by atoms with E-state index in [-0.39, 0.29) is 5.88 Å². The Morgan fingerprint density at radius 3 is 2.91 bits per heavy atom. The van der Waals surface area contributed by atoms with Crippen molar-refractivity contribution >= 4 is 11.0 Å². The molecule has 1 aliphatic rings. The minimum atomic E-state index is -0.392. The molecule has 0 amide bonds. The van der Waals surface area contributed by atoms with Gasteiger partial charge >= 0.3 is 0 Å². The fourth-order valence-electron chi connectivity index (χ4n) is 4.38. The van der Waals surface area contributed by atoms with Crippen LogP contribution < -0.4 is 15.2 Å². The molecule has 0 aliphatic carbocycles. The van der Waals surface area contributed by atoms with Crippen LogP contribution in [0.2, 0.25) is 0 Å². The molecule has 2 aromatic heterocycles. The highest BCUT2D eigenvalue weighted by Crippen LogP contribution is 2.44. The molecular formula is C24H23N7O2. The summed E-state index contributed by atoms with van der Waals surface area (Å²) in [6.07, 6.45) is 1.71. The van der Waals surface area contributed by atoms with Crippen LogP contribution in [0.15, 0.2) is 53.9 Å². The smallest absolute Gasteiger partial charge is 0.244 e.